The van der Waals surface area contributed by atoms with Crippen LogP contribution in [0.2, 0.25) is 0 Å². The van der Waals surface area contributed by atoms with E-state index in [1.165, 1.54) is 13.4 Å². The number of aromatic amines is 1. The number of rotatable bonds is 5. The molecule has 2 aromatic heterocycles. The fourth-order valence-electron chi connectivity index (χ4n) is 1.82. The molecule has 0 amide bonds. The van der Waals surface area contributed by atoms with Crippen molar-refractivity contribution in [1.82, 2.24) is 19.9 Å². The largest absolute Gasteiger partial charge is 0.467 e. The Labute approximate surface area is 116 Å². The predicted molar refractivity (Wildman–Crippen MR) is 75.5 cm³/mol. The summed E-state index contributed by atoms with van der Waals surface area (Å²) in [4.78, 5) is 27.4. The number of H-pyrrole nitrogens is 1. The van der Waals surface area contributed by atoms with E-state index < -0.39 is 6.04 Å². The molecule has 8 heteroatoms. The van der Waals surface area contributed by atoms with E-state index in [9.17, 15) is 4.79 Å². The normalized spacial score (nSPS) is 12.4. The van der Waals surface area contributed by atoms with E-state index >= 15 is 0 Å². The Kier molecular flexibility index (Phi) is 4.02. The molecular formula is C12H18N6O2. The smallest absolute Gasteiger partial charge is 0.328 e. The summed E-state index contributed by atoms with van der Waals surface area (Å²) in [7, 11) is 3.09. The van der Waals surface area contributed by atoms with Crippen LogP contribution in [0.15, 0.2) is 6.33 Å². The Bertz CT molecular complexity index is 609. The van der Waals surface area contributed by atoms with Gasteiger partial charge in [0.2, 0.25) is 5.95 Å². The number of hydrogen-bond donors (Lipinski definition) is 3. The third kappa shape index (κ3) is 2.63. The second-order valence-corrected chi connectivity index (χ2v) is 4.64. The van der Waals surface area contributed by atoms with Crippen LogP contribution >= 0.6 is 0 Å². The Morgan fingerprint density at radius 3 is 2.75 bits per heavy atom. The average Bonchev–Trinajstić information content (AvgIpc) is 2.91. The summed E-state index contributed by atoms with van der Waals surface area (Å²) in [5.74, 6) is 0.658. The highest BCUT2D eigenvalue weighted by Gasteiger charge is 2.24. The van der Waals surface area contributed by atoms with Gasteiger partial charge in [-0.25, -0.2) is 9.78 Å². The number of carbonyl (C=O) groups is 1. The van der Waals surface area contributed by atoms with Gasteiger partial charge in [-0.05, 0) is 5.92 Å². The van der Waals surface area contributed by atoms with E-state index in [1.807, 2.05) is 13.8 Å². The second-order valence-electron chi connectivity index (χ2n) is 4.64. The monoisotopic (exact) mass is 278 g/mol. The molecule has 1 unspecified atom stereocenters. The molecule has 0 saturated heterocycles. The van der Waals surface area contributed by atoms with Crippen LogP contribution in [0.5, 0.6) is 0 Å². The van der Waals surface area contributed by atoms with Gasteiger partial charge in [0.15, 0.2) is 11.5 Å². The highest BCUT2D eigenvalue weighted by molar-refractivity contribution is 5.87. The maximum Gasteiger partial charge on any atom is 0.328 e. The minimum Gasteiger partial charge on any atom is -0.467 e. The van der Waals surface area contributed by atoms with Gasteiger partial charge in [-0.1, -0.05) is 13.8 Å². The van der Waals surface area contributed by atoms with Gasteiger partial charge in [0.25, 0.3) is 0 Å². The SMILES string of the molecule is CNc1nc(NC(C(=O)OC)C(C)C)c2[nH]cnc2n1. The van der Waals surface area contributed by atoms with Crippen molar-refractivity contribution >= 4 is 28.9 Å². The molecule has 3 N–H and O–H groups in total. The van der Waals surface area contributed by atoms with Gasteiger partial charge in [-0.2, -0.15) is 9.97 Å². The number of esters is 1. The average molecular weight is 278 g/mol. The molecule has 0 aliphatic rings. The van der Waals surface area contributed by atoms with E-state index in [0.717, 1.165) is 0 Å². The lowest BCUT2D eigenvalue weighted by atomic mass is 10.0. The number of aromatic nitrogens is 4. The molecule has 0 aliphatic carbocycles. The minimum absolute atomic E-state index is 0.0495. The van der Waals surface area contributed by atoms with E-state index in [2.05, 4.69) is 30.6 Å². The Balaban J connectivity index is 2.40. The van der Waals surface area contributed by atoms with Crippen LogP contribution in [0.25, 0.3) is 11.2 Å². The molecule has 8 nitrogen and oxygen atoms in total. The lowest BCUT2D eigenvalue weighted by molar-refractivity contribution is -0.142. The number of nitrogens with zero attached hydrogens (tertiary/aromatic N) is 3. The van der Waals surface area contributed by atoms with E-state index in [0.29, 0.717) is 22.9 Å². The number of fused-ring (bicyclic) bond motifs is 1. The number of methoxy groups -OCH3 is 1. The molecule has 2 aromatic rings. The fourth-order valence-corrected chi connectivity index (χ4v) is 1.82. The molecule has 0 saturated carbocycles. The molecule has 0 radical (unpaired) electrons. The highest BCUT2D eigenvalue weighted by Crippen LogP contribution is 2.21. The fraction of sp³-hybridized carbons (Fsp3) is 0.500. The summed E-state index contributed by atoms with van der Waals surface area (Å²) in [5.41, 5.74) is 1.18. The summed E-state index contributed by atoms with van der Waals surface area (Å²) < 4.78 is 4.81. The zero-order valence-electron chi connectivity index (χ0n) is 11.9. The number of ether oxygens (including phenoxy) is 1. The van der Waals surface area contributed by atoms with Crippen molar-refractivity contribution in [3.05, 3.63) is 6.33 Å². The van der Waals surface area contributed by atoms with Crippen molar-refractivity contribution in [2.45, 2.75) is 19.9 Å². The van der Waals surface area contributed by atoms with E-state index in [1.54, 1.807) is 7.05 Å². The van der Waals surface area contributed by atoms with Crippen molar-refractivity contribution in [3.8, 4) is 0 Å². The maximum atomic E-state index is 11.8. The minimum atomic E-state index is -0.494. The molecule has 108 valence electrons. The second kappa shape index (κ2) is 5.72. The van der Waals surface area contributed by atoms with Crippen molar-refractivity contribution in [3.63, 3.8) is 0 Å². The number of imidazole rings is 1. The van der Waals surface area contributed by atoms with E-state index in [-0.39, 0.29) is 11.9 Å². The van der Waals surface area contributed by atoms with Crippen molar-refractivity contribution in [1.29, 1.82) is 0 Å². The van der Waals surface area contributed by atoms with Crippen LogP contribution in [0.3, 0.4) is 0 Å². The molecule has 20 heavy (non-hydrogen) atoms. The topological polar surface area (TPSA) is 105 Å². The van der Waals surface area contributed by atoms with Gasteiger partial charge in [0.1, 0.15) is 11.6 Å². The van der Waals surface area contributed by atoms with Gasteiger partial charge in [0, 0.05) is 7.05 Å². The predicted octanol–water partition coefficient (Wildman–Crippen LogP) is 1.00. The number of nitrogens with one attached hydrogen (secondary N) is 3. The molecule has 1 atom stereocenters. The molecule has 2 rings (SSSR count). The molecule has 0 aromatic carbocycles. The summed E-state index contributed by atoms with van der Waals surface area (Å²) in [5, 5.41) is 5.96. The summed E-state index contributed by atoms with van der Waals surface area (Å²) >= 11 is 0. The highest BCUT2D eigenvalue weighted by atomic mass is 16.5. The molecule has 0 aliphatic heterocycles. The Morgan fingerprint density at radius 1 is 1.40 bits per heavy atom. The zero-order chi connectivity index (χ0) is 14.7. The third-order valence-corrected chi connectivity index (χ3v) is 2.92. The van der Waals surface area contributed by atoms with E-state index in [4.69, 9.17) is 4.74 Å². The van der Waals surface area contributed by atoms with Gasteiger partial charge in [0.05, 0.1) is 13.4 Å². The van der Waals surface area contributed by atoms with Crippen LogP contribution in [-0.2, 0) is 9.53 Å². The number of hydrogen-bond acceptors (Lipinski definition) is 7. The van der Waals surface area contributed by atoms with Gasteiger partial charge >= 0.3 is 5.97 Å². The first-order valence-electron chi connectivity index (χ1n) is 6.30. The first kappa shape index (κ1) is 14.0. The molecule has 0 fully saturated rings. The number of carbonyl (C=O) groups excluding carboxylic acids is 1. The van der Waals surface area contributed by atoms with Crippen molar-refractivity contribution < 1.29 is 9.53 Å². The molecule has 2 heterocycles. The Hall–Kier alpha value is -2.38. The number of anilines is 2. The van der Waals surface area contributed by atoms with Crippen LogP contribution in [0.1, 0.15) is 13.8 Å². The summed E-state index contributed by atoms with van der Waals surface area (Å²) in [6, 6.07) is -0.494. The first-order chi connectivity index (χ1) is 9.56. The lowest BCUT2D eigenvalue weighted by Crippen LogP contribution is -2.36. The third-order valence-electron chi connectivity index (χ3n) is 2.92. The standard InChI is InChI=1S/C12H18N6O2/c1-6(2)7(11(19)20-4)16-10-8-9(15-5-14-8)17-12(13-3)18-10/h5-7H,1-4H3,(H3,13,14,15,16,17,18). The quantitative estimate of drug-likeness (QED) is 0.701. The van der Waals surface area contributed by atoms with Crippen LogP contribution < -0.4 is 10.6 Å². The first-order valence-corrected chi connectivity index (χ1v) is 6.30. The van der Waals surface area contributed by atoms with Crippen molar-refractivity contribution in [2.75, 3.05) is 24.8 Å². The molecule has 0 spiro atoms. The van der Waals surface area contributed by atoms with Gasteiger partial charge < -0.3 is 20.4 Å². The van der Waals surface area contributed by atoms with Crippen LogP contribution in [0, 0.1) is 5.92 Å². The van der Waals surface area contributed by atoms with Crippen LogP contribution in [0.4, 0.5) is 11.8 Å². The van der Waals surface area contributed by atoms with Crippen LogP contribution in [-0.4, -0.2) is 46.1 Å². The zero-order valence-corrected chi connectivity index (χ0v) is 11.9. The van der Waals surface area contributed by atoms with Gasteiger partial charge in [-0.3, -0.25) is 0 Å². The van der Waals surface area contributed by atoms with Gasteiger partial charge in [-0.15, -0.1) is 0 Å². The van der Waals surface area contributed by atoms with Crippen molar-refractivity contribution in [2.24, 2.45) is 5.92 Å². The summed E-state index contributed by atoms with van der Waals surface area (Å²) in [6.45, 7) is 3.86. The Morgan fingerprint density at radius 2 is 2.15 bits per heavy atom. The summed E-state index contributed by atoms with van der Waals surface area (Å²) in [6.07, 6.45) is 1.53. The maximum absolute atomic E-state index is 11.8. The lowest BCUT2D eigenvalue weighted by Gasteiger charge is -2.20. The molecule has 0 bridgehead atoms. The molecular weight excluding hydrogens is 260 g/mol.